The Balaban J connectivity index is 2.73. The van der Waals surface area contributed by atoms with Crippen molar-refractivity contribution in [2.45, 2.75) is 0 Å². The van der Waals surface area contributed by atoms with Crippen LogP contribution in [-0.2, 0) is 0 Å². The molecular weight excluding hydrogens is 138 g/mol. The van der Waals surface area contributed by atoms with Crippen molar-refractivity contribution in [2.24, 2.45) is 0 Å². The molecule has 1 nitrogen and oxygen atoms in total. The van der Waals surface area contributed by atoms with Gasteiger partial charge in [-0.3, -0.25) is 0 Å². The van der Waals surface area contributed by atoms with E-state index in [2.05, 4.69) is 16.5 Å². The van der Waals surface area contributed by atoms with Crippen molar-refractivity contribution in [3.63, 3.8) is 0 Å². The van der Waals surface area contributed by atoms with Crippen LogP contribution in [0.3, 0.4) is 0 Å². The highest BCUT2D eigenvalue weighted by atomic mass is 32.2. The molecule has 0 saturated heterocycles. The molecule has 8 heavy (non-hydrogen) atoms. The first-order valence-corrected chi connectivity index (χ1v) is 4.55. The van der Waals surface area contributed by atoms with Crippen molar-refractivity contribution in [3.05, 3.63) is 0 Å². The van der Waals surface area contributed by atoms with Crippen molar-refractivity contribution in [3.8, 4) is 0 Å². The lowest BCUT2D eigenvalue weighted by Crippen LogP contribution is -2.17. The Morgan fingerprint density at radius 2 is 2.50 bits per heavy atom. The molecule has 0 fully saturated rings. The molecule has 0 N–H and O–H groups in total. The fourth-order valence-corrected chi connectivity index (χ4v) is 2.05. The van der Waals surface area contributed by atoms with E-state index in [1.807, 2.05) is 7.05 Å². The molecule has 0 aliphatic carbocycles. The minimum Gasteiger partial charge on any atom is -0.357 e. The third-order valence-electron chi connectivity index (χ3n) is 1.19. The van der Waals surface area contributed by atoms with E-state index in [9.17, 15) is 0 Å². The standard InChI is InChI=1S/C5H9NS2/c1-6-3-4-8(2)5(6)7/h4H,3H2,1-2H3. The van der Waals surface area contributed by atoms with Gasteiger partial charge in [0.15, 0.2) is 0 Å². The Bertz CT molecular complexity index is 151. The minimum absolute atomic E-state index is 0.285. The molecule has 1 heterocycles. The maximum atomic E-state index is 5.07. The Labute approximate surface area is 57.6 Å². The average Bonchev–Trinajstić information content (AvgIpc) is 1.98. The van der Waals surface area contributed by atoms with Crippen LogP contribution in [0.1, 0.15) is 0 Å². The van der Waals surface area contributed by atoms with Gasteiger partial charge in [-0.05, 0) is 11.6 Å². The van der Waals surface area contributed by atoms with Gasteiger partial charge in [-0.15, -0.1) is 10.5 Å². The first kappa shape index (κ1) is 6.23. The topological polar surface area (TPSA) is 3.24 Å². The zero-order valence-corrected chi connectivity index (χ0v) is 6.68. The molecule has 3 heteroatoms. The van der Waals surface area contributed by atoms with Crippen LogP contribution < -0.4 is 0 Å². The van der Waals surface area contributed by atoms with E-state index in [0.29, 0.717) is 0 Å². The fourth-order valence-electron chi connectivity index (χ4n) is 0.615. The first-order valence-electron chi connectivity index (χ1n) is 2.45. The molecule has 1 atom stereocenters. The molecule has 1 rings (SSSR count). The van der Waals surface area contributed by atoms with Gasteiger partial charge in [-0.1, -0.05) is 12.2 Å². The Morgan fingerprint density at radius 1 is 1.88 bits per heavy atom. The van der Waals surface area contributed by atoms with E-state index < -0.39 is 0 Å². The van der Waals surface area contributed by atoms with Crippen LogP contribution in [0.25, 0.3) is 0 Å². The number of thiocarbonyl (C=S) groups is 1. The zero-order chi connectivity index (χ0) is 6.15. The van der Waals surface area contributed by atoms with Gasteiger partial charge in [0.2, 0.25) is 0 Å². The SMILES string of the molecule is CN1CC=S(C)C1=S. The molecule has 0 saturated carbocycles. The Morgan fingerprint density at radius 3 is 2.62 bits per heavy atom. The lowest BCUT2D eigenvalue weighted by molar-refractivity contribution is 0.614. The van der Waals surface area contributed by atoms with Gasteiger partial charge in [-0.2, -0.15) is 0 Å². The fraction of sp³-hybridized carbons (Fsp3) is 0.600. The molecule has 0 aromatic heterocycles. The van der Waals surface area contributed by atoms with E-state index in [1.54, 1.807) is 0 Å². The van der Waals surface area contributed by atoms with Gasteiger partial charge >= 0.3 is 0 Å². The first-order chi connectivity index (χ1) is 3.72. The van der Waals surface area contributed by atoms with Crippen LogP contribution in [0.4, 0.5) is 0 Å². The zero-order valence-electron chi connectivity index (χ0n) is 5.05. The monoisotopic (exact) mass is 147 g/mol. The lowest BCUT2D eigenvalue weighted by atomic mass is 10.7. The molecule has 0 aromatic carbocycles. The normalized spacial score (nSPS) is 28.5. The van der Waals surface area contributed by atoms with Gasteiger partial charge < -0.3 is 4.90 Å². The molecule has 46 valence electrons. The van der Waals surface area contributed by atoms with E-state index in [4.69, 9.17) is 12.2 Å². The second-order valence-corrected chi connectivity index (χ2v) is 4.35. The maximum absolute atomic E-state index is 5.07. The summed E-state index contributed by atoms with van der Waals surface area (Å²) in [5.41, 5.74) is 0. The molecule has 0 amide bonds. The summed E-state index contributed by atoms with van der Waals surface area (Å²) in [6.07, 6.45) is 2.16. The van der Waals surface area contributed by atoms with Crippen LogP contribution >= 0.6 is 22.7 Å². The van der Waals surface area contributed by atoms with Crippen LogP contribution in [0.2, 0.25) is 0 Å². The highest BCUT2D eigenvalue weighted by Gasteiger charge is 2.09. The lowest BCUT2D eigenvalue weighted by Gasteiger charge is -2.09. The minimum atomic E-state index is 0.285. The van der Waals surface area contributed by atoms with Gasteiger partial charge in [0.05, 0.1) is 0 Å². The van der Waals surface area contributed by atoms with Gasteiger partial charge in [0.25, 0.3) is 0 Å². The van der Waals surface area contributed by atoms with Crippen LogP contribution in [0, 0.1) is 0 Å². The summed E-state index contributed by atoms with van der Waals surface area (Å²) < 4.78 is 1.10. The highest BCUT2D eigenvalue weighted by Crippen LogP contribution is 2.16. The van der Waals surface area contributed by atoms with Crippen LogP contribution in [0.5, 0.6) is 0 Å². The summed E-state index contributed by atoms with van der Waals surface area (Å²) >= 11 is 5.07. The van der Waals surface area contributed by atoms with E-state index in [1.165, 1.54) is 0 Å². The van der Waals surface area contributed by atoms with Gasteiger partial charge in [0, 0.05) is 13.6 Å². The summed E-state index contributed by atoms with van der Waals surface area (Å²) in [6.45, 7) is 1.04. The molecule has 1 aliphatic heterocycles. The number of hydrogen-bond donors (Lipinski definition) is 0. The van der Waals surface area contributed by atoms with E-state index in [0.717, 1.165) is 10.9 Å². The molecular formula is C5H9NS2. The Kier molecular flexibility index (Phi) is 1.68. The van der Waals surface area contributed by atoms with Gasteiger partial charge in [0.1, 0.15) is 4.32 Å². The number of nitrogens with zero attached hydrogens (tertiary/aromatic N) is 1. The highest BCUT2D eigenvalue weighted by molar-refractivity contribution is 8.34. The summed E-state index contributed by atoms with van der Waals surface area (Å²) in [4.78, 5) is 2.11. The molecule has 0 aromatic rings. The maximum Gasteiger partial charge on any atom is 0.130 e. The quantitative estimate of drug-likeness (QED) is 0.469. The van der Waals surface area contributed by atoms with Crippen LogP contribution in [0.15, 0.2) is 0 Å². The van der Waals surface area contributed by atoms with Crippen molar-refractivity contribution < 1.29 is 0 Å². The second-order valence-electron chi connectivity index (χ2n) is 1.87. The number of hydrogen-bond acceptors (Lipinski definition) is 1. The largest absolute Gasteiger partial charge is 0.357 e. The van der Waals surface area contributed by atoms with E-state index >= 15 is 0 Å². The molecule has 0 radical (unpaired) electrons. The summed E-state index contributed by atoms with van der Waals surface area (Å²) in [7, 11) is 2.32. The number of rotatable bonds is 0. The van der Waals surface area contributed by atoms with Crippen molar-refractivity contribution in [1.82, 2.24) is 4.90 Å². The third kappa shape index (κ3) is 0.928. The average molecular weight is 147 g/mol. The molecule has 1 unspecified atom stereocenters. The summed E-state index contributed by atoms with van der Waals surface area (Å²) in [5, 5.41) is 2.25. The van der Waals surface area contributed by atoms with Crippen LogP contribution in [-0.4, -0.2) is 34.4 Å². The summed E-state index contributed by atoms with van der Waals surface area (Å²) in [6, 6.07) is 0. The van der Waals surface area contributed by atoms with Crippen molar-refractivity contribution >= 4 is 32.4 Å². The predicted molar refractivity (Wildman–Crippen MR) is 44.8 cm³/mol. The molecule has 0 bridgehead atoms. The third-order valence-corrected chi connectivity index (χ3v) is 3.80. The van der Waals surface area contributed by atoms with Crippen molar-refractivity contribution in [2.75, 3.05) is 19.8 Å². The second kappa shape index (κ2) is 2.15. The van der Waals surface area contributed by atoms with E-state index in [-0.39, 0.29) is 10.5 Å². The van der Waals surface area contributed by atoms with Crippen molar-refractivity contribution in [1.29, 1.82) is 0 Å². The smallest absolute Gasteiger partial charge is 0.130 e. The predicted octanol–water partition coefficient (Wildman–Crippen LogP) is 0.918. The molecule has 0 spiro atoms. The molecule has 1 aliphatic rings. The Hall–Kier alpha value is 0.110. The summed E-state index contributed by atoms with van der Waals surface area (Å²) in [5.74, 6) is 0. The van der Waals surface area contributed by atoms with Gasteiger partial charge in [-0.25, -0.2) is 0 Å².